The summed E-state index contributed by atoms with van der Waals surface area (Å²) in [6.07, 6.45) is -2.42. The molecule has 1 rings (SSSR count). The zero-order valence-corrected chi connectivity index (χ0v) is 7.10. The van der Waals surface area contributed by atoms with Gasteiger partial charge in [0, 0.05) is 0 Å². The number of allylic oxidation sites excluding steroid dienone is 2. The Labute approximate surface area is 81.8 Å². The molecule has 1 aliphatic rings. The highest BCUT2D eigenvalue weighted by Gasteiger charge is 2.45. The topological polar surface area (TPSA) is 70.2 Å². The van der Waals surface area contributed by atoms with Crippen LogP contribution < -0.4 is 0 Å². The lowest BCUT2D eigenvalue weighted by atomic mass is 10.1. The van der Waals surface area contributed by atoms with E-state index in [4.69, 9.17) is 5.26 Å². The molecule has 0 saturated carbocycles. The summed E-state index contributed by atoms with van der Waals surface area (Å²) in [5.74, 6) is 0. The Morgan fingerprint density at radius 3 is 2.60 bits per heavy atom. The van der Waals surface area contributed by atoms with Crippen LogP contribution >= 0.6 is 0 Å². The lowest BCUT2D eigenvalue weighted by Crippen LogP contribution is -2.41. The van der Waals surface area contributed by atoms with Gasteiger partial charge in [0.15, 0.2) is 5.03 Å². The summed E-state index contributed by atoms with van der Waals surface area (Å²) in [7, 11) is 0. The Hall–Kier alpha value is -2.04. The Balaban J connectivity index is 3.10. The van der Waals surface area contributed by atoms with Gasteiger partial charge in [0.25, 0.3) is 0 Å². The molecule has 0 amide bonds. The molecule has 0 radical (unpaired) electrons. The van der Waals surface area contributed by atoms with Crippen molar-refractivity contribution >= 4 is 0 Å². The summed E-state index contributed by atoms with van der Waals surface area (Å²) < 4.78 is 36.9. The fourth-order valence-corrected chi connectivity index (χ4v) is 1.08. The minimum atomic E-state index is -4.75. The maximum atomic E-state index is 12.3. The van der Waals surface area contributed by atoms with Gasteiger partial charge in [-0.05, 0) is 12.2 Å². The van der Waals surface area contributed by atoms with Crippen LogP contribution in [0.3, 0.4) is 0 Å². The normalized spacial score (nSPS) is 20.8. The van der Waals surface area contributed by atoms with Gasteiger partial charge in [0.2, 0.25) is 6.04 Å². The Bertz CT molecular complexity index is 380. The first kappa shape index (κ1) is 11.0. The SMILES string of the molecule is N#CC1C(C(F)(F)F)=CC=CN1[N+](=O)[O-]. The van der Waals surface area contributed by atoms with Crippen LogP contribution in [-0.4, -0.2) is 22.3 Å². The van der Waals surface area contributed by atoms with Crippen LogP contribution in [0.15, 0.2) is 23.9 Å². The molecule has 1 heterocycles. The van der Waals surface area contributed by atoms with Gasteiger partial charge in [0.1, 0.15) is 0 Å². The molecule has 8 heteroatoms. The number of halogens is 3. The van der Waals surface area contributed by atoms with Crippen molar-refractivity contribution in [1.29, 1.82) is 5.26 Å². The number of rotatable bonds is 1. The zero-order valence-electron chi connectivity index (χ0n) is 7.10. The third kappa shape index (κ3) is 2.07. The lowest BCUT2D eigenvalue weighted by Gasteiger charge is -2.22. The van der Waals surface area contributed by atoms with E-state index in [9.17, 15) is 23.3 Å². The maximum absolute atomic E-state index is 12.3. The van der Waals surface area contributed by atoms with Crippen molar-refractivity contribution in [3.8, 4) is 6.07 Å². The molecular weight excluding hydrogens is 215 g/mol. The first-order valence-corrected chi connectivity index (χ1v) is 3.65. The number of hydrogen-bond donors (Lipinski definition) is 0. The van der Waals surface area contributed by atoms with E-state index in [-0.39, 0.29) is 5.01 Å². The summed E-state index contributed by atoms with van der Waals surface area (Å²) in [6.45, 7) is 0. The van der Waals surface area contributed by atoms with Gasteiger partial charge in [-0.3, -0.25) is 0 Å². The van der Waals surface area contributed by atoms with E-state index >= 15 is 0 Å². The molecule has 0 aliphatic carbocycles. The number of hydrogen-bond acceptors (Lipinski definition) is 3. The monoisotopic (exact) mass is 219 g/mol. The minimum Gasteiger partial charge on any atom is -0.234 e. The predicted octanol–water partition coefficient (Wildman–Crippen LogP) is 1.39. The van der Waals surface area contributed by atoms with Crippen molar-refractivity contribution in [3.63, 3.8) is 0 Å². The van der Waals surface area contributed by atoms with Gasteiger partial charge in [-0.2, -0.15) is 18.4 Å². The molecule has 0 aromatic heterocycles. The molecule has 5 nitrogen and oxygen atoms in total. The van der Waals surface area contributed by atoms with Crippen molar-refractivity contribution in [2.24, 2.45) is 0 Å². The first-order chi connectivity index (χ1) is 6.88. The van der Waals surface area contributed by atoms with Crippen LogP contribution in [0.25, 0.3) is 0 Å². The molecule has 0 aromatic carbocycles. The fraction of sp³-hybridized carbons (Fsp3) is 0.286. The number of nitrogens with zero attached hydrogens (tertiary/aromatic N) is 3. The molecule has 0 N–H and O–H groups in total. The largest absolute Gasteiger partial charge is 0.415 e. The molecule has 0 bridgehead atoms. The Kier molecular flexibility index (Phi) is 2.65. The van der Waals surface area contributed by atoms with Crippen molar-refractivity contribution in [2.75, 3.05) is 0 Å². The van der Waals surface area contributed by atoms with E-state index in [0.29, 0.717) is 6.08 Å². The highest BCUT2D eigenvalue weighted by Crippen LogP contribution is 2.32. The third-order valence-electron chi connectivity index (χ3n) is 1.71. The van der Waals surface area contributed by atoms with Crippen LogP contribution in [0.5, 0.6) is 0 Å². The molecule has 1 aliphatic heterocycles. The van der Waals surface area contributed by atoms with E-state index in [0.717, 1.165) is 12.3 Å². The third-order valence-corrected chi connectivity index (χ3v) is 1.71. The average Bonchev–Trinajstić information content (AvgIpc) is 2.15. The Morgan fingerprint density at radius 2 is 2.20 bits per heavy atom. The summed E-state index contributed by atoms with van der Waals surface area (Å²) in [6, 6.07) is -0.703. The van der Waals surface area contributed by atoms with Gasteiger partial charge in [-0.1, -0.05) is 5.01 Å². The Morgan fingerprint density at radius 1 is 1.60 bits per heavy atom. The predicted molar refractivity (Wildman–Crippen MR) is 41.5 cm³/mol. The van der Waals surface area contributed by atoms with E-state index in [1.165, 1.54) is 6.07 Å². The standard InChI is InChI=1S/C7H4F3N3O2/c8-7(9,10)5-2-1-3-12(13(14)15)6(5)4-11/h1-3,6H. The average molecular weight is 219 g/mol. The first-order valence-electron chi connectivity index (χ1n) is 3.65. The van der Waals surface area contributed by atoms with Crippen molar-refractivity contribution < 1.29 is 18.2 Å². The molecule has 0 spiro atoms. The van der Waals surface area contributed by atoms with Crippen LogP contribution in [0.2, 0.25) is 0 Å². The molecule has 0 aromatic rings. The van der Waals surface area contributed by atoms with Crippen molar-refractivity contribution in [2.45, 2.75) is 12.2 Å². The minimum absolute atomic E-state index is 0.114. The molecule has 15 heavy (non-hydrogen) atoms. The van der Waals surface area contributed by atoms with Gasteiger partial charge in [0.05, 0.1) is 17.8 Å². The van der Waals surface area contributed by atoms with E-state index in [2.05, 4.69) is 0 Å². The molecule has 80 valence electrons. The van der Waals surface area contributed by atoms with Gasteiger partial charge < -0.3 is 0 Å². The van der Waals surface area contributed by atoms with Crippen molar-refractivity contribution in [3.05, 3.63) is 34.0 Å². The highest BCUT2D eigenvalue weighted by atomic mass is 19.4. The maximum Gasteiger partial charge on any atom is 0.415 e. The summed E-state index contributed by atoms with van der Waals surface area (Å²) >= 11 is 0. The second-order valence-corrected chi connectivity index (χ2v) is 2.61. The van der Waals surface area contributed by atoms with Gasteiger partial charge in [-0.25, -0.2) is 10.1 Å². The summed E-state index contributed by atoms with van der Waals surface area (Å²) in [4.78, 5) is 10.3. The number of nitriles is 1. The smallest absolute Gasteiger partial charge is 0.234 e. The van der Waals surface area contributed by atoms with Crippen LogP contribution in [0, 0.1) is 21.4 Å². The summed E-state index contributed by atoms with van der Waals surface area (Å²) in [5.41, 5.74) is -1.25. The van der Waals surface area contributed by atoms with Crippen LogP contribution in [-0.2, 0) is 0 Å². The highest BCUT2D eigenvalue weighted by molar-refractivity contribution is 5.31. The van der Waals surface area contributed by atoms with Gasteiger partial charge in [-0.15, -0.1) is 0 Å². The van der Waals surface area contributed by atoms with Crippen molar-refractivity contribution in [1.82, 2.24) is 5.01 Å². The lowest BCUT2D eigenvalue weighted by molar-refractivity contribution is -0.644. The summed E-state index contributed by atoms with van der Waals surface area (Å²) in [5, 5.41) is 17.9. The number of hydrazine groups is 1. The molecule has 1 atom stereocenters. The van der Waals surface area contributed by atoms with Crippen LogP contribution in [0.4, 0.5) is 13.2 Å². The second kappa shape index (κ2) is 3.61. The fourth-order valence-electron chi connectivity index (χ4n) is 1.08. The second-order valence-electron chi connectivity index (χ2n) is 2.61. The molecule has 0 saturated heterocycles. The number of alkyl halides is 3. The molecule has 1 unspecified atom stereocenters. The van der Waals surface area contributed by atoms with E-state index < -0.39 is 22.8 Å². The zero-order chi connectivity index (χ0) is 11.6. The number of nitro groups is 1. The molecular formula is C7H4F3N3O2. The quantitative estimate of drug-likeness (QED) is 0.493. The van der Waals surface area contributed by atoms with E-state index in [1.54, 1.807) is 0 Å². The van der Waals surface area contributed by atoms with Crippen LogP contribution in [0.1, 0.15) is 0 Å². The van der Waals surface area contributed by atoms with E-state index in [1.807, 2.05) is 0 Å². The molecule has 0 fully saturated rings. The van der Waals surface area contributed by atoms with Gasteiger partial charge >= 0.3 is 6.18 Å².